The molecule has 6 nitrogen and oxygen atoms in total. The van der Waals surface area contributed by atoms with Gasteiger partial charge in [-0.15, -0.1) is 11.3 Å². The van der Waals surface area contributed by atoms with Gasteiger partial charge in [0, 0.05) is 29.8 Å². The first-order valence-electron chi connectivity index (χ1n) is 8.52. The summed E-state index contributed by atoms with van der Waals surface area (Å²) in [7, 11) is 1.63. The Balaban J connectivity index is 1.61. The predicted octanol–water partition coefficient (Wildman–Crippen LogP) is 2.80. The second-order valence-electron chi connectivity index (χ2n) is 6.52. The van der Waals surface area contributed by atoms with Gasteiger partial charge in [-0.3, -0.25) is 9.59 Å². The fraction of sp³-hybridized carbons (Fsp3) is 0.316. The molecule has 0 spiro atoms. The number of amides is 2. The molecule has 3 aromatic rings. The number of hydrogen-bond acceptors (Lipinski definition) is 5. The quantitative estimate of drug-likeness (QED) is 0.769. The number of thiophene rings is 1. The third-order valence-electron chi connectivity index (χ3n) is 4.90. The fourth-order valence-corrected chi connectivity index (χ4v) is 4.36. The Morgan fingerprint density at radius 1 is 1.19 bits per heavy atom. The number of pyridine rings is 1. The summed E-state index contributed by atoms with van der Waals surface area (Å²) in [5.41, 5.74) is 6.24. The Morgan fingerprint density at radius 3 is 2.65 bits per heavy atom. The monoisotopic (exact) mass is 369 g/mol. The number of aromatic nitrogens is 1. The van der Waals surface area contributed by atoms with Crippen molar-refractivity contribution < 1.29 is 14.3 Å². The van der Waals surface area contributed by atoms with Crippen molar-refractivity contribution in [1.29, 1.82) is 0 Å². The highest BCUT2D eigenvalue weighted by atomic mass is 32.1. The molecule has 7 heteroatoms. The van der Waals surface area contributed by atoms with Gasteiger partial charge >= 0.3 is 0 Å². The van der Waals surface area contributed by atoms with E-state index in [0.717, 1.165) is 26.9 Å². The number of fused-ring (bicyclic) bond motifs is 2. The summed E-state index contributed by atoms with van der Waals surface area (Å²) in [5, 5.41) is 1.93. The molecule has 2 aromatic heterocycles. The van der Waals surface area contributed by atoms with Crippen molar-refractivity contribution >= 4 is 44.3 Å². The van der Waals surface area contributed by atoms with Gasteiger partial charge in [0.2, 0.25) is 5.91 Å². The minimum atomic E-state index is -0.273. The van der Waals surface area contributed by atoms with Crippen LogP contribution in [0.4, 0.5) is 0 Å². The molecule has 26 heavy (non-hydrogen) atoms. The van der Waals surface area contributed by atoms with Crippen LogP contribution >= 0.6 is 11.3 Å². The van der Waals surface area contributed by atoms with Gasteiger partial charge in [-0.25, -0.2) is 4.98 Å². The summed E-state index contributed by atoms with van der Waals surface area (Å²) in [6, 6.07) is 9.67. The zero-order chi connectivity index (χ0) is 18.3. The maximum atomic E-state index is 12.8. The van der Waals surface area contributed by atoms with E-state index < -0.39 is 0 Å². The lowest BCUT2D eigenvalue weighted by atomic mass is 9.96. The first kappa shape index (κ1) is 16.8. The predicted molar refractivity (Wildman–Crippen MR) is 101 cm³/mol. The molecular formula is C19H19N3O3S. The zero-order valence-corrected chi connectivity index (χ0v) is 15.2. The van der Waals surface area contributed by atoms with E-state index in [1.165, 1.54) is 11.3 Å². The molecule has 0 aliphatic carbocycles. The number of nitrogens with zero attached hydrogens (tertiary/aromatic N) is 2. The van der Waals surface area contributed by atoms with Crippen molar-refractivity contribution in [2.24, 2.45) is 11.7 Å². The number of piperidine rings is 1. The molecule has 0 saturated carbocycles. The third-order valence-corrected chi connectivity index (χ3v) is 5.94. The number of methoxy groups -OCH3 is 1. The number of benzene rings is 1. The maximum Gasteiger partial charge on any atom is 0.264 e. The molecule has 2 amide bonds. The first-order chi connectivity index (χ1) is 12.5. The van der Waals surface area contributed by atoms with E-state index >= 15 is 0 Å². The Kier molecular flexibility index (Phi) is 4.24. The van der Waals surface area contributed by atoms with E-state index in [4.69, 9.17) is 10.5 Å². The summed E-state index contributed by atoms with van der Waals surface area (Å²) in [5.74, 6) is 0.383. The largest absolute Gasteiger partial charge is 0.497 e. The number of carbonyl (C=O) groups excluding carboxylic acids is 2. The molecule has 4 rings (SSSR count). The summed E-state index contributed by atoms with van der Waals surface area (Å²) < 4.78 is 5.26. The Morgan fingerprint density at radius 2 is 1.96 bits per heavy atom. The highest BCUT2D eigenvalue weighted by molar-refractivity contribution is 7.20. The molecule has 1 saturated heterocycles. The van der Waals surface area contributed by atoms with Crippen LogP contribution < -0.4 is 10.5 Å². The van der Waals surface area contributed by atoms with Crippen LogP contribution in [0.1, 0.15) is 22.5 Å². The molecule has 1 aliphatic heterocycles. The van der Waals surface area contributed by atoms with Crippen LogP contribution in [0, 0.1) is 5.92 Å². The molecule has 0 bridgehead atoms. The van der Waals surface area contributed by atoms with Crippen molar-refractivity contribution in [2.45, 2.75) is 12.8 Å². The highest BCUT2D eigenvalue weighted by Crippen LogP contribution is 2.30. The van der Waals surface area contributed by atoms with Crippen molar-refractivity contribution in [3.8, 4) is 5.75 Å². The van der Waals surface area contributed by atoms with Crippen LogP contribution in [-0.4, -0.2) is 41.9 Å². The molecule has 0 atom stereocenters. The molecule has 0 radical (unpaired) electrons. The van der Waals surface area contributed by atoms with Gasteiger partial charge in [0.15, 0.2) is 0 Å². The second-order valence-corrected chi connectivity index (χ2v) is 7.55. The van der Waals surface area contributed by atoms with Gasteiger partial charge in [0.05, 0.1) is 17.5 Å². The average molecular weight is 369 g/mol. The fourth-order valence-electron chi connectivity index (χ4n) is 3.37. The molecule has 134 valence electrons. The van der Waals surface area contributed by atoms with Gasteiger partial charge in [-0.1, -0.05) is 0 Å². The van der Waals surface area contributed by atoms with E-state index in [0.29, 0.717) is 30.8 Å². The van der Waals surface area contributed by atoms with Gasteiger partial charge in [0.1, 0.15) is 10.6 Å². The number of ether oxygens (including phenoxy) is 1. The molecule has 0 unspecified atom stereocenters. The van der Waals surface area contributed by atoms with Crippen LogP contribution in [0.2, 0.25) is 0 Å². The van der Waals surface area contributed by atoms with Crippen molar-refractivity contribution in [2.75, 3.05) is 20.2 Å². The second kappa shape index (κ2) is 6.57. The van der Waals surface area contributed by atoms with Gasteiger partial charge in [-0.2, -0.15) is 0 Å². The number of nitrogens with two attached hydrogens (primary N) is 1. The first-order valence-corrected chi connectivity index (χ1v) is 9.34. The Bertz CT molecular complexity index is 1010. The molecule has 1 fully saturated rings. The topological polar surface area (TPSA) is 85.5 Å². The third kappa shape index (κ3) is 2.99. The van der Waals surface area contributed by atoms with Crippen molar-refractivity contribution in [1.82, 2.24) is 9.88 Å². The smallest absolute Gasteiger partial charge is 0.264 e. The summed E-state index contributed by atoms with van der Waals surface area (Å²) in [4.78, 5) is 32.1. The highest BCUT2D eigenvalue weighted by Gasteiger charge is 2.27. The lowest BCUT2D eigenvalue weighted by Gasteiger charge is -2.30. The summed E-state index contributed by atoms with van der Waals surface area (Å²) in [6.07, 6.45) is 1.27. The number of carbonyl (C=O) groups is 2. The SMILES string of the molecule is COc1ccc2nc3sc(C(=O)N4CCC(C(N)=O)CC4)cc3cc2c1. The molecule has 1 aliphatic rings. The minimum Gasteiger partial charge on any atom is -0.497 e. The molecular weight excluding hydrogens is 350 g/mol. The number of hydrogen-bond donors (Lipinski definition) is 1. The van der Waals surface area contributed by atoms with Crippen molar-refractivity contribution in [3.05, 3.63) is 35.2 Å². The van der Waals surface area contributed by atoms with Gasteiger partial charge in [0.25, 0.3) is 5.91 Å². The Labute approximate surface area is 154 Å². The van der Waals surface area contributed by atoms with E-state index in [2.05, 4.69) is 4.98 Å². The van der Waals surface area contributed by atoms with Crippen LogP contribution in [0.15, 0.2) is 30.3 Å². The lowest BCUT2D eigenvalue weighted by Crippen LogP contribution is -2.41. The van der Waals surface area contributed by atoms with E-state index in [1.54, 1.807) is 12.0 Å². The van der Waals surface area contributed by atoms with Crippen LogP contribution in [-0.2, 0) is 4.79 Å². The number of primary amides is 1. The summed E-state index contributed by atoms with van der Waals surface area (Å²) >= 11 is 1.41. The average Bonchev–Trinajstić information content (AvgIpc) is 3.07. The van der Waals surface area contributed by atoms with Crippen LogP contribution in [0.5, 0.6) is 5.75 Å². The maximum absolute atomic E-state index is 12.8. The van der Waals surface area contributed by atoms with Crippen LogP contribution in [0.3, 0.4) is 0 Å². The van der Waals surface area contributed by atoms with E-state index in [9.17, 15) is 9.59 Å². The number of rotatable bonds is 3. The lowest BCUT2D eigenvalue weighted by molar-refractivity contribution is -0.123. The van der Waals surface area contributed by atoms with E-state index in [1.807, 2.05) is 30.3 Å². The molecule has 3 heterocycles. The van der Waals surface area contributed by atoms with Gasteiger partial charge in [-0.05, 0) is 43.2 Å². The Hall–Kier alpha value is -2.67. The zero-order valence-electron chi connectivity index (χ0n) is 14.4. The van der Waals surface area contributed by atoms with E-state index in [-0.39, 0.29) is 17.7 Å². The molecule has 1 aromatic carbocycles. The summed E-state index contributed by atoms with van der Waals surface area (Å²) in [6.45, 7) is 1.13. The molecule has 2 N–H and O–H groups in total. The van der Waals surface area contributed by atoms with Crippen molar-refractivity contribution in [3.63, 3.8) is 0 Å². The minimum absolute atomic E-state index is 0.00226. The number of likely N-dealkylation sites (tertiary alicyclic amines) is 1. The normalized spacial score (nSPS) is 15.5. The van der Waals surface area contributed by atoms with Crippen LogP contribution in [0.25, 0.3) is 21.1 Å². The van der Waals surface area contributed by atoms with Gasteiger partial charge < -0.3 is 15.4 Å². The standard InChI is InChI=1S/C19H19N3O3S/c1-25-14-2-3-15-12(9-14)8-13-10-16(26-18(13)21-15)19(24)22-6-4-11(5-7-22)17(20)23/h2-3,8-11H,4-7H2,1H3,(H2,20,23).